The van der Waals surface area contributed by atoms with Crippen LogP contribution in [0.2, 0.25) is 0 Å². The third-order valence-corrected chi connectivity index (χ3v) is 5.13. The Kier molecular flexibility index (Phi) is 5.41. The molecule has 0 aliphatic rings. The van der Waals surface area contributed by atoms with Crippen molar-refractivity contribution in [1.82, 2.24) is 15.2 Å². The molecule has 0 unspecified atom stereocenters. The van der Waals surface area contributed by atoms with Crippen molar-refractivity contribution in [3.8, 4) is 16.9 Å². The summed E-state index contributed by atoms with van der Waals surface area (Å²) in [5, 5.41) is 20.5. The van der Waals surface area contributed by atoms with Gasteiger partial charge in [0.05, 0.1) is 16.8 Å². The maximum absolute atomic E-state index is 12.5. The molecule has 0 fully saturated rings. The Morgan fingerprint density at radius 3 is 2.50 bits per heavy atom. The SMILES string of the molecule is O=C(N/N=C/c1cn(-c2ccccc2)nc1-c1ccc([N+](=O)[O-])cc1)c1cc2ccccc2o1. The zero-order chi connectivity index (χ0) is 23.5. The summed E-state index contributed by atoms with van der Waals surface area (Å²) in [6, 6.07) is 24.6. The van der Waals surface area contributed by atoms with Crippen molar-refractivity contribution >= 4 is 28.8 Å². The van der Waals surface area contributed by atoms with Crippen molar-refractivity contribution in [1.29, 1.82) is 0 Å². The summed E-state index contributed by atoms with van der Waals surface area (Å²) >= 11 is 0. The summed E-state index contributed by atoms with van der Waals surface area (Å²) in [7, 11) is 0. The topological polar surface area (TPSA) is 116 Å². The lowest BCUT2D eigenvalue weighted by molar-refractivity contribution is -0.384. The molecular weight excluding hydrogens is 434 g/mol. The lowest BCUT2D eigenvalue weighted by Crippen LogP contribution is -2.16. The van der Waals surface area contributed by atoms with E-state index >= 15 is 0 Å². The Bertz CT molecular complexity index is 1490. The number of nitrogens with one attached hydrogen (secondary N) is 1. The van der Waals surface area contributed by atoms with E-state index in [1.54, 1.807) is 35.1 Å². The van der Waals surface area contributed by atoms with Crippen LogP contribution in [-0.4, -0.2) is 26.8 Å². The van der Waals surface area contributed by atoms with Gasteiger partial charge in [-0.05, 0) is 36.4 Å². The number of rotatable bonds is 6. The summed E-state index contributed by atoms with van der Waals surface area (Å²) in [6.45, 7) is 0. The van der Waals surface area contributed by atoms with Gasteiger partial charge < -0.3 is 4.42 Å². The molecule has 2 heterocycles. The predicted molar refractivity (Wildman–Crippen MR) is 127 cm³/mol. The molecule has 5 rings (SSSR count). The average molecular weight is 451 g/mol. The van der Waals surface area contributed by atoms with E-state index in [1.807, 2.05) is 48.5 Å². The fraction of sp³-hybridized carbons (Fsp3) is 0. The van der Waals surface area contributed by atoms with E-state index < -0.39 is 10.8 Å². The van der Waals surface area contributed by atoms with Crippen LogP contribution in [0.25, 0.3) is 27.9 Å². The minimum Gasteiger partial charge on any atom is -0.451 e. The normalized spacial score (nSPS) is 11.2. The summed E-state index contributed by atoms with van der Waals surface area (Å²) in [4.78, 5) is 23.0. The van der Waals surface area contributed by atoms with E-state index in [0.29, 0.717) is 22.4 Å². The lowest BCUT2D eigenvalue weighted by atomic mass is 10.1. The first-order valence-corrected chi connectivity index (χ1v) is 10.3. The van der Waals surface area contributed by atoms with E-state index in [2.05, 4.69) is 15.6 Å². The number of nitro groups is 1. The number of furan rings is 1. The van der Waals surface area contributed by atoms with Crippen LogP contribution in [0, 0.1) is 10.1 Å². The summed E-state index contributed by atoms with van der Waals surface area (Å²) in [5.74, 6) is -0.339. The van der Waals surface area contributed by atoms with Crippen molar-refractivity contribution in [2.45, 2.75) is 0 Å². The number of hydrogen-bond acceptors (Lipinski definition) is 6. The Balaban J connectivity index is 1.44. The van der Waals surface area contributed by atoms with Gasteiger partial charge >= 0.3 is 5.91 Å². The summed E-state index contributed by atoms with van der Waals surface area (Å²) in [5.41, 5.74) is 5.74. The van der Waals surface area contributed by atoms with Crippen LogP contribution in [0.3, 0.4) is 0 Å². The number of nitro benzene ring substituents is 1. The zero-order valence-electron chi connectivity index (χ0n) is 17.7. The van der Waals surface area contributed by atoms with Gasteiger partial charge in [0.1, 0.15) is 11.3 Å². The molecule has 9 nitrogen and oxygen atoms in total. The molecular formula is C25H17N5O4. The van der Waals surface area contributed by atoms with Gasteiger partial charge in [-0.3, -0.25) is 14.9 Å². The first-order valence-electron chi connectivity index (χ1n) is 10.3. The molecule has 2 aromatic heterocycles. The quantitative estimate of drug-likeness (QED) is 0.223. The first kappa shape index (κ1) is 20.8. The molecule has 1 N–H and O–H groups in total. The molecule has 0 aliphatic carbocycles. The number of hydrogen-bond donors (Lipinski definition) is 1. The van der Waals surface area contributed by atoms with Gasteiger partial charge in [0.2, 0.25) is 0 Å². The molecule has 0 bridgehead atoms. The van der Waals surface area contributed by atoms with Gasteiger partial charge in [-0.25, -0.2) is 10.1 Å². The average Bonchev–Trinajstić information content (AvgIpc) is 3.49. The molecule has 1 amide bonds. The molecule has 0 atom stereocenters. The van der Waals surface area contributed by atoms with E-state index in [0.717, 1.165) is 11.1 Å². The van der Waals surface area contributed by atoms with Gasteiger partial charge in [0, 0.05) is 34.8 Å². The van der Waals surface area contributed by atoms with Gasteiger partial charge in [-0.15, -0.1) is 0 Å². The van der Waals surface area contributed by atoms with Gasteiger partial charge in [-0.1, -0.05) is 36.4 Å². The fourth-order valence-electron chi connectivity index (χ4n) is 3.47. The standard InChI is InChI=1S/C25H17N5O4/c31-25(23-14-18-6-4-5-9-22(18)34-23)27-26-15-19-16-29(20-7-2-1-3-8-20)28-24(19)17-10-12-21(13-11-17)30(32)33/h1-16H,(H,27,31)/b26-15+. The smallest absolute Gasteiger partial charge is 0.307 e. The van der Waals surface area contributed by atoms with Crippen molar-refractivity contribution in [2.75, 3.05) is 0 Å². The van der Waals surface area contributed by atoms with Crippen molar-refractivity contribution in [3.05, 3.63) is 113 Å². The number of fused-ring (bicyclic) bond motifs is 1. The van der Waals surface area contributed by atoms with Crippen LogP contribution in [0.1, 0.15) is 16.1 Å². The zero-order valence-corrected chi connectivity index (χ0v) is 17.7. The Morgan fingerprint density at radius 2 is 1.76 bits per heavy atom. The number of amides is 1. The maximum Gasteiger partial charge on any atom is 0.307 e. The van der Waals surface area contributed by atoms with Crippen LogP contribution in [0.4, 0.5) is 5.69 Å². The second kappa shape index (κ2) is 8.83. The van der Waals surface area contributed by atoms with Gasteiger partial charge in [-0.2, -0.15) is 10.2 Å². The molecule has 34 heavy (non-hydrogen) atoms. The van der Waals surface area contributed by atoms with Crippen LogP contribution < -0.4 is 5.43 Å². The first-order chi connectivity index (χ1) is 16.6. The Labute approximate surface area is 193 Å². The highest BCUT2D eigenvalue weighted by molar-refractivity contribution is 5.97. The van der Waals surface area contributed by atoms with Crippen LogP contribution in [0.15, 0.2) is 101 Å². The monoisotopic (exact) mass is 451 g/mol. The third-order valence-electron chi connectivity index (χ3n) is 5.13. The highest BCUT2D eigenvalue weighted by Gasteiger charge is 2.14. The number of nitrogens with zero attached hydrogens (tertiary/aromatic N) is 4. The minimum atomic E-state index is -0.486. The fourth-order valence-corrected chi connectivity index (χ4v) is 3.47. The molecule has 0 spiro atoms. The second-order valence-corrected chi connectivity index (χ2v) is 7.36. The summed E-state index contributed by atoms with van der Waals surface area (Å²) in [6.07, 6.45) is 3.24. The van der Waals surface area contributed by atoms with E-state index in [9.17, 15) is 14.9 Å². The van der Waals surface area contributed by atoms with Crippen molar-refractivity contribution in [2.24, 2.45) is 5.10 Å². The van der Waals surface area contributed by atoms with Crippen LogP contribution >= 0.6 is 0 Å². The largest absolute Gasteiger partial charge is 0.451 e. The summed E-state index contributed by atoms with van der Waals surface area (Å²) < 4.78 is 7.24. The molecule has 0 saturated heterocycles. The predicted octanol–water partition coefficient (Wildman–Crippen LogP) is 4.96. The van der Waals surface area contributed by atoms with E-state index in [1.165, 1.54) is 18.3 Å². The molecule has 9 heteroatoms. The number of hydrazone groups is 1. The molecule has 166 valence electrons. The van der Waals surface area contributed by atoms with E-state index in [4.69, 9.17) is 4.42 Å². The number of para-hydroxylation sites is 2. The highest BCUT2D eigenvalue weighted by atomic mass is 16.6. The van der Waals surface area contributed by atoms with Crippen LogP contribution in [0.5, 0.6) is 0 Å². The molecule has 3 aromatic carbocycles. The van der Waals surface area contributed by atoms with Gasteiger partial charge in [0.25, 0.3) is 5.69 Å². The number of aromatic nitrogens is 2. The highest BCUT2D eigenvalue weighted by Crippen LogP contribution is 2.25. The molecule has 0 saturated carbocycles. The Hall–Kier alpha value is -5.05. The van der Waals surface area contributed by atoms with E-state index in [-0.39, 0.29) is 11.4 Å². The third kappa shape index (κ3) is 4.17. The lowest BCUT2D eigenvalue weighted by Gasteiger charge is -2.00. The number of carbonyl (C=O) groups is 1. The van der Waals surface area contributed by atoms with Crippen molar-refractivity contribution in [3.63, 3.8) is 0 Å². The number of non-ortho nitro benzene ring substituents is 1. The second-order valence-electron chi connectivity index (χ2n) is 7.36. The minimum absolute atomic E-state index is 0.0143. The Morgan fingerprint density at radius 1 is 1.03 bits per heavy atom. The van der Waals surface area contributed by atoms with Gasteiger partial charge in [0.15, 0.2) is 5.76 Å². The number of carbonyl (C=O) groups excluding carboxylic acids is 1. The van der Waals surface area contributed by atoms with Crippen LogP contribution in [-0.2, 0) is 0 Å². The number of benzene rings is 3. The maximum atomic E-state index is 12.5. The molecule has 5 aromatic rings. The molecule has 0 radical (unpaired) electrons. The van der Waals surface area contributed by atoms with Crippen molar-refractivity contribution < 1.29 is 14.1 Å². The molecule has 0 aliphatic heterocycles.